The molecule has 0 atom stereocenters. The average Bonchev–Trinajstić information content (AvgIpc) is 3.23. The molecule has 2 rings (SSSR count). The summed E-state index contributed by atoms with van der Waals surface area (Å²) in [6, 6.07) is 8.41. The van der Waals surface area contributed by atoms with Crippen molar-refractivity contribution < 1.29 is 13.9 Å². The van der Waals surface area contributed by atoms with Gasteiger partial charge >= 0.3 is 6.03 Å². The van der Waals surface area contributed by atoms with Gasteiger partial charge in [-0.15, -0.1) is 10.2 Å². The fourth-order valence-electron chi connectivity index (χ4n) is 2.17. The summed E-state index contributed by atoms with van der Waals surface area (Å²) in [5.41, 5.74) is 2.77. The number of hydrogen-bond acceptors (Lipinski definition) is 7. The average molecular weight is 402 g/mol. The number of nitrogens with zero attached hydrogens (tertiary/aromatic N) is 4. The molecule has 1 aromatic heterocycles. The number of furan rings is 1. The number of rotatable bonds is 6. The number of nitrogens with two attached hydrogens (primary N) is 2. The second-order valence-corrected chi connectivity index (χ2v) is 6.24. The minimum atomic E-state index is -0.552. The molecule has 0 fully saturated rings. The molecule has 4 N–H and O–H groups in total. The van der Waals surface area contributed by atoms with Gasteiger partial charge in [0.15, 0.2) is 6.40 Å². The molecule has 0 aliphatic rings. The van der Waals surface area contributed by atoms with Crippen LogP contribution in [0.25, 0.3) is 0 Å². The predicted octanol–water partition coefficient (Wildman–Crippen LogP) is 3.58. The van der Waals surface area contributed by atoms with Gasteiger partial charge in [-0.05, 0) is 37.6 Å². The Hall–Kier alpha value is -3.17. The minimum absolute atomic E-state index is 0.163. The zero-order valence-electron chi connectivity index (χ0n) is 17.6. The van der Waals surface area contributed by atoms with Crippen LogP contribution in [-0.4, -0.2) is 30.2 Å². The van der Waals surface area contributed by atoms with E-state index in [4.69, 9.17) is 20.8 Å². The number of aryl methyl sites for hydroxylation is 1. The van der Waals surface area contributed by atoms with Crippen LogP contribution in [0.1, 0.15) is 44.1 Å². The van der Waals surface area contributed by atoms with Crippen molar-refractivity contribution >= 4 is 23.8 Å². The number of hydrazine groups is 2. The highest BCUT2D eigenvalue weighted by Crippen LogP contribution is 2.23. The van der Waals surface area contributed by atoms with Crippen LogP contribution in [0.4, 0.5) is 10.5 Å². The Morgan fingerprint density at radius 1 is 1.24 bits per heavy atom. The number of hydrogen-bond donors (Lipinski definition) is 2. The van der Waals surface area contributed by atoms with E-state index in [1.54, 1.807) is 37.5 Å². The quantitative estimate of drug-likeness (QED) is 0.251. The van der Waals surface area contributed by atoms with Crippen LogP contribution in [-0.2, 0) is 11.3 Å². The van der Waals surface area contributed by atoms with Gasteiger partial charge in [0, 0.05) is 12.6 Å². The van der Waals surface area contributed by atoms with E-state index in [1.165, 1.54) is 19.9 Å². The zero-order valence-corrected chi connectivity index (χ0v) is 17.6. The molecule has 158 valence electrons. The SMILES string of the molecule is CC(=NN=COCc1c(C)cccc1N(N)C(=O)N(C)N)c1ccco1.CCC. The number of carbonyl (C=O) groups is 1. The Bertz CT molecular complexity index is 816. The van der Waals surface area contributed by atoms with Crippen molar-refractivity contribution in [1.82, 2.24) is 5.01 Å². The number of benzene rings is 1. The monoisotopic (exact) mass is 402 g/mol. The molecule has 1 heterocycles. The summed E-state index contributed by atoms with van der Waals surface area (Å²) in [4.78, 5) is 12.0. The van der Waals surface area contributed by atoms with Gasteiger partial charge in [-0.1, -0.05) is 32.4 Å². The Kier molecular flexibility index (Phi) is 10.1. The summed E-state index contributed by atoms with van der Waals surface area (Å²) < 4.78 is 10.6. The normalized spacial score (nSPS) is 11.1. The van der Waals surface area contributed by atoms with Crippen molar-refractivity contribution in [2.24, 2.45) is 21.9 Å². The maximum atomic E-state index is 12.0. The van der Waals surface area contributed by atoms with Crippen LogP contribution in [0.2, 0.25) is 0 Å². The summed E-state index contributed by atoms with van der Waals surface area (Å²) in [5.74, 6) is 12.0. The molecule has 2 amide bonds. The number of urea groups is 1. The molecule has 29 heavy (non-hydrogen) atoms. The van der Waals surface area contributed by atoms with Crippen LogP contribution in [0.3, 0.4) is 0 Å². The molecule has 0 aliphatic carbocycles. The molecule has 0 aliphatic heterocycles. The van der Waals surface area contributed by atoms with Gasteiger partial charge in [-0.25, -0.2) is 21.5 Å². The van der Waals surface area contributed by atoms with E-state index in [9.17, 15) is 4.79 Å². The summed E-state index contributed by atoms with van der Waals surface area (Å²) in [5, 5.41) is 9.71. The maximum Gasteiger partial charge on any atom is 0.352 e. The summed E-state index contributed by atoms with van der Waals surface area (Å²) in [6.07, 6.45) is 4.04. The predicted molar refractivity (Wildman–Crippen MR) is 115 cm³/mol. The first kappa shape index (κ1) is 23.9. The van der Waals surface area contributed by atoms with Gasteiger partial charge < -0.3 is 9.15 Å². The van der Waals surface area contributed by atoms with Crippen LogP contribution < -0.4 is 16.7 Å². The molecule has 0 radical (unpaired) electrons. The van der Waals surface area contributed by atoms with E-state index in [-0.39, 0.29) is 6.61 Å². The molecule has 0 saturated carbocycles. The van der Waals surface area contributed by atoms with E-state index in [2.05, 4.69) is 24.1 Å². The van der Waals surface area contributed by atoms with Crippen molar-refractivity contribution in [3.05, 3.63) is 53.5 Å². The lowest BCUT2D eigenvalue weighted by atomic mass is 10.1. The van der Waals surface area contributed by atoms with Crippen molar-refractivity contribution in [2.75, 3.05) is 12.1 Å². The molecular formula is C20H30N6O3. The van der Waals surface area contributed by atoms with Gasteiger partial charge in [0.05, 0.1) is 12.0 Å². The van der Waals surface area contributed by atoms with Gasteiger partial charge in [-0.3, -0.25) is 5.01 Å². The molecule has 0 saturated heterocycles. The first-order chi connectivity index (χ1) is 13.8. The van der Waals surface area contributed by atoms with Crippen LogP contribution in [0, 0.1) is 6.92 Å². The van der Waals surface area contributed by atoms with E-state index in [0.29, 0.717) is 17.2 Å². The van der Waals surface area contributed by atoms with Crippen LogP contribution >= 0.6 is 0 Å². The topological polar surface area (TPSA) is 123 Å². The molecule has 9 heteroatoms. The van der Waals surface area contributed by atoms with Crippen LogP contribution in [0.5, 0.6) is 0 Å². The maximum absolute atomic E-state index is 12.0. The number of ether oxygens (including phenoxy) is 1. The highest BCUT2D eigenvalue weighted by Gasteiger charge is 2.18. The molecule has 0 spiro atoms. The van der Waals surface area contributed by atoms with Gasteiger partial charge in [0.1, 0.15) is 18.1 Å². The van der Waals surface area contributed by atoms with Crippen molar-refractivity contribution in [3.63, 3.8) is 0 Å². The third kappa shape index (κ3) is 7.40. The lowest BCUT2D eigenvalue weighted by Gasteiger charge is -2.23. The van der Waals surface area contributed by atoms with E-state index >= 15 is 0 Å². The van der Waals surface area contributed by atoms with Crippen molar-refractivity contribution in [2.45, 2.75) is 40.7 Å². The molecular weight excluding hydrogens is 372 g/mol. The minimum Gasteiger partial charge on any atom is -0.477 e. The highest BCUT2D eigenvalue weighted by atomic mass is 16.5. The van der Waals surface area contributed by atoms with Crippen molar-refractivity contribution in [1.29, 1.82) is 0 Å². The Balaban J connectivity index is 0.00000132. The lowest BCUT2D eigenvalue weighted by Crippen LogP contribution is -2.49. The molecule has 0 unspecified atom stereocenters. The Morgan fingerprint density at radius 3 is 2.52 bits per heavy atom. The lowest BCUT2D eigenvalue weighted by molar-refractivity contribution is 0.216. The summed E-state index contributed by atoms with van der Waals surface area (Å²) in [7, 11) is 1.42. The van der Waals surface area contributed by atoms with Crippen molar-refractivity contribution in [3.8, 4) is 0 Å². The molecule has 1 aromatic carbocycles. The summed E-state index contributed by atoms with van der Waals surface area (Å²) >= 11 is 0. The third-order valence-electron chi connectivity index (χ3n) is 3.59. The molecule has 9 nitrogen and oxygen atoms in total. The van der Waals surface area contributed by atoms with Gasteiger partial charge in [0.25, 0.3) is 0 Å². The summed E-state index contributed by atoms with van der Waals surface area (Å²) in [6.45, 7) is 8.08. The Labute approximate surface area is 171 Å². The number of anilines is 1. The zero-order chi connectivity index (χ0) is 21.8. The van der Waals surface area contributed by atoms with E-state index in [0.717, 1.165) is 21.1 Å². The van der Waals surface area contributed by atoms with Crippen LogP contribution in [0.15, 0.2) is 51.2 Å². The number of amides is 2. The van der Waals surface area contributed by atoms with E-state index in [1.807, 2.05) is 13.0 Å². The third-order valence-corrected chi connectivity index (χ3v) is 3.59. The fraction of sp³-hybridized carbons (Fsp3) is 0.350. The second kappa shape index (κ2) is 12.3. The first-order valence-corrected chi connectivity index (χ1v) is 9.20. The highest BCUT2D eigenvalue weighted by molar-refractivity contribution is 5.96. The standard InChI is InChI=1S/C17H22N6O3.C3H8/c1-12-6-4-7-15(23(19)17(24)22(3)18)14(12)10-25-11-20-21-13(2)16-8-5-9-26-16;1-3-2/h4-9,11H,10,18-19H2,1-3H3;3H2,1-2H3. The largest absolute Gasteiger partial charge is 0.477 e. The molecule has 0 bridgehead atoms. The van der Waals surface area contributed by atoms with E-state index < -0.39 is 6.03 Å². The van der Waals surface area contributed by atoms with Gasteiger partial charge in [-0.2, -0.15) is 0 Å². The number of carbonyl (C=O) groups excluding carboxylic acids is 1. The smallest absolute Gasteiger partial charge is 0.352 e. The second-order valence-electron chi connectivity index (χ2n) is 6.24. The molecule has 2 aromatic rings. The Morgan fingerprint density at radius 2 is 1.93 bits per heavy atom. The fourth-order valence-corrected chi connectivity index (χ4v) is 2.17. The van der Waals surface area contributed by atoms with Gasteiger partial charge in [0.2, 0.25) is 0 Å². The first-order valence-electron chi connectivity index (χ1n) is 9.20.